The van der Waals surface area contributed by atoms with Gasteiger partial charge in [0.1, 0.15) is 5.82 Å². The Hall–Kier alpha value is -1.71. The lowest BCUT2D eigenvalue weighted by molar-refractivity contribution is -0.313. The summed E-state index contributed by atoms with van der Waals surface area (Å²) in [5.74, 6) is -3.03. The van der Waals surface area contributed by atoms with E-state index in [4.69, 9.17) is 0 Å². The zero-order valence-electron chi connectivity index (χ0n) is 9.90. The maximum absolute atomic E-state index is 12.8. The molecule has 1 aromatic rings. The number of benzene rings is 1. The Balaban J connectivity index is 2.20. The highest BCUT2D eigenvalue weighted by atomic mass is 19.1. The molecule has 18 heavy (non-hydrogen) atoms. The number of ketones is 1. The lowest BCUT2D eigenvalue weighted by atomic mass is 9.75. The van der Waals surface area contributed by atoms with Gasteiger partial charge < -0.3 is 9.90 Å². The summed E-state index contributed by atoms with van der Waals surface area (Å²) in [6.07, 6.45) is 2.71. The Morgan fingerprint density at radius 2 is 1.61 bits per heavy atom. The van der Waals surface area contributed by atoms with E-state index in [0.29, 0.717) is 18.4 Å². The number of hydrogen-bond acceptors (Lipinski definition) is 3. The van der Waals surface area contributed by atoms with Crippen LogP contribution in [0, 0.1) is 17.7 Å². The van der Waals surface area contributed by atoms with Crippen LogP contribution < -0.4 is 5.11 Å². The average Bonchev–Trinajstić information content (AvgIpc) is 2.39. The van der Waals surface area contributed by atoms with Crippen LogP contribution in [0.1, 0.15) is 36.0 Å². The van der Waals surface area contributed by atoms with Gasteiger partial charge in [-0.3, -0.25) is 4.79 Å². The van der Waals surface area contributed by atoms with Crippen LogP contribution in [-0.2, 0) is 4.79 Å². The van der Waals surface area contributed by atoms with Gasteiger partial charge in [-0.05, 0) is 37.1 Å². The van der Waals surface area contributed by atoms with Crippen LogP contribution >= 0.6 is 0 Å². The number of aliphatic carboxylic acids is 1. The molecule has 0 radical (unpaired) electrons. The van der Waals surface area contributed by atoms with Crippen LogP contribution in [0.15, 0.2) is 24.3 Å². The van der Waals surface area contributed by atoms with Crippen molar-refractivity contribution in [3.8, 4) is 0 Å². The molecule has 0 heterocycles. The van der Waals surface area contributed by atoms with Crippen LogP contribution in [0.4, 0.5) is 4.39 Å². The molecule has 1 saturated carbocycles. The van der Waals surface area contributed by atoms with E-state index in [1.54, 1.807) is 0 Å². The molecular weight excluding hydrogens is 235 g/mol. The average molecular weight is 249 g/mol. The highest BCUT2D eigenvalue weighted by Crippen LogP contribution is 2.32. The molecule has 1 aliphatic carbocycles. The summed E-state index contributed by atoms with van der Waals surface area (Å²) in [6.45, 7) is 0. The van der Waals surface area contributed by atoms with Crippen molar-refractivity contribution in [1.29, 1.82) is 0 Å². The lowest BCUT2D eigenvalue weighted by Gasteiger charge is -2.31. The van der Waals surface area contributed by atoms with E-state index in [9.17, 15) is 19.1 Å². The van der Waals surface area contributed by atoms with E-state index in [-0.39, 0.29) is 5.78 Å². The Kier molecular flexibility index (Phi) is 3.75. The standard InChI is InChI=1S/C14H15FO3/c15-10-7-5-9(6-8-10)13(16)11-3-1-2-4-12(11)14(17)18/h5-8,11-12H,1-4H2,(H,17,18)/p-1. The van der Waals surface area contributed by atoms with Crippen molar-refractivity contribution < 1.29 is 19.1 Å². The Morgan fingerprint density at radius 3 is 2.17 bits per heavy atom. The number of carboxylic acids is 1. The number of halogens is 1. The molecule has 0 spiro atoms. The lowest BCUT2D eigenvalue weighted by Crippen LogP contribution is -2.40. The molecule has 0 bridgehead atoms. The molecule has 1 aliphatic rings. The van der Waals surface area contributed by atoms with Crippen molar-refractivity contribution in [3.63, 3.8) is 0 Å². The third-order valence-corrected chi connectivity index (χ3v) is 3.53. The number of Topliss-reactive ketones (excluding diaryl/α,β-unsaturated/α-hetero) is 1. The topological polar surface area (TPSA) is 57.2 Å². The molecule has 2 unspecified atom stereocenters. The van der Waals surface area contributed by atoms with Crippen molar-refractivity contribution in [2.24, 2.45) is 11.8 Å². The molecule has 1 fully saturated rings. The maximum Gasteiger partial charge on any atom is 0.166 e. The number of carbonyl (C=O) groups excluding carboxylic acids is 2. The summed E-state index contributed by atoms with van der Waals surface area (Å²) >= 11 is 0. The van der Waals surface area contributed by atoms with Crippen LogP contribution in [-0.4, -0.2) is 11.8 Å². The third kappa shape index (κ3) is 2.58. The smallest absolute Gasteiger partial charge is 0.166 e. The predicted molar refractivity (Wildman–Crippen MR) is 61.2 cm³/mol. The first-order valence-electron chi connectivity index (χ1n) is 6.10. The van der Waals surface area contributed by atoms with E-state index < -0.39 is 23.6 Å². The monoisotopic (exact) mass is 249 g/mol. The molecular formula is C14H14FO3-. The third-order valence-electron chi connectivity index (χ3n) is 3.53. The molecule has 0 aliphatic heterocycles. The summed E-state index contributed by atoms with van der Waals surface area (Å²) in [5.41, 5.74) is 0.370. The van der Waals surface area contributed by atoms with Gasteiger partial charge in [0, 0.05) is 23.4 Å². The van der Waals surface area contributed by atoms with Gasteiger partial charge in [0.05, 0.1) is 0 Å². The zero-order chi connectivity index (χ0) is 13.1. The first kappa shape index (κ1) is 12.7. The van der Waals surface area contributed by atoms with Crippen LogP contribution in [0.3, 0.4) is 0 Å². The zero-order valence-corrected chi connectivity index (χ0v) is 9.90. The van der Waals surface area contributed by atoms with Gasteiger partial charge in [-0.2, -0.15) is 0 Å². The van der Waals surface area contributed by atoms with Crippen molar-refractivity contribution in [3.05, 3.63) is 35.6 Å². The van der Waals surface area contributed by atoms with Gasteiger partial charge in [0.2, 0.25) is 0 Å². The molecule has 2 atom stereocenters. The fourth-order valence-corrected chi connectivity index (χ4v) is 2.56. The second kappa shape index (κ2) is 5.29. The van der Waals surface area contributed by atoms with Crippen LogP contribution in [0.25, 0.3) is 0 Å². The molecule has 2 rings (SSSR count). The van der Waals surface area contributed by atoms with E-state index in [1.165, 1.54) is 24.3 Å². The van der Waals surface area contributed by atoms with Crippen molar-refractivity contribution >= 4 is 11.8 Å². The minimum absolute atomic E-state index is 0.219. The van der Waals surface area contributed by atoms with E-state index in [1.807, 2.05) is 0 Å². The second-order valence-electron chi connectivity index (χ2n) is 4.69. The van der Waals surface area contributed by atoms with Crippen molar-refractivity contribution in [2.45, 2.75) is 25.7 Å². The molecule has 1 aromatic carbocycles. The maximum atomic E-state index is 12.8. The minimum Gasteiger partial charge on any atom is -0.550 e. The second-order valence-corrected chi connectivity index (χ2v) is 4.69. The van der Waals surface area contributed by atoms with Gasteiger partial charge in [0.15, 0.2) is 5.78 Å². The Bertz CT molecular complexity index is 453. The highest BCUT2D eigenvalue weighted by molar-refractivity contribution is 5.99. The number of rotatable bonds is 3. The highest BCUT2D eigenvalue weighted by Gasteiger charge is 2.32. The fraction of sp³-hybridized carbons (Fsp3) is 0.429. The SMILES string of the molecule is O=C([O-])C1CCCCC1C(=O)c1ccc(F)cc1. The quantitative estimate of drug-likeness (QED) is 0.764. The molecule has 4 heteroatoms. The Morgan fingerprint density at radius 1 is 1.06 bits per heavy atom. The van der Waals surface area contributed by atoms with Crippen molar-refractivity contribution in [2.75, 3.05) is 0 Å². The summed E-state index contributed by atoms with van der Waals surface area (Å²) in [7, 11) is 0. The normalized spacial score (nSPS) is 23.6. The van der Waals surface area contributed by atoms with Crippen LogP contribution in [0.5, 0.6) is 0 Å². The first-order valence-corrected chi connectivity index (χ1v) is 6.10. The number of carboxylic acid groups (broad SMARTS) is 1. The van der Waals surface area contributed by atoms with E-state index in [2.05, 4.69) is 0 Å². The molecule has 0 saturated heterocycles. The van der Waals surface area contributed by atoms with Gasteiger partial charge in [-0.25, -0.2) is 4.39 Å². The molecule has 3 nitrogen and oxygen atoms in total. The minimum atomic E-state index is -1.16. The van der Waals surface area contributed by atoms with Crippen molar-refractivity contribution in [1.82, 2.24) is 0 Å². The first-order chi connectivity index (χ1) is 8.59. The van der Waals surface area contributed by atoms with Gasteiger partial charge >= 0.3 is 0 Å². The Labute approximate surface area is 105 Å². The van der Waals surface area contributed by atoms with Gasteiger partial charge in [-0.1, -0.05) is 12.8 Å². The number of hydrogen-bond donors (Lipinski definition) is 0. The van der Waals surface area contributed by atoms with Gasteiger partial charge in [0.25, 0.3) is 0 Å². The number of carbonyl (C=O) groups is 2. The fourth-order valence-electron chi connectivity index (χ4n) is 2.56. The predicted octanol–water partition coefficient (Wildman–Crippen LogP) is 1.56. The molecule has 0 N–H and O–H groups in total. The molecule has 0 aromatic heterocycles. The van der Waals surface area contributed by atoms with E-state index in [0.717, 1.165) is 12.8 Å². The largest absolute Gasteiger partial charge is 0.550 e. The molecule has 96 valence electrons. The van der Waals surface area contributed by atoms with E-state index >= 15 is 0 Å². The summed E-state index contributed by atoms with van der Waals surface area (Å²) in [5, 5.41) is 11.0. The van der Waals surface area contributed by atoms with Gasteiger partial charge in [-0.15, -0.1) is 0 Å². The summed E-state index contributed by atoms with van der Waals surface area (Å²) in [4.78, 5) is 23.2. The van der Waals surface area contributed by atoms with Crippen LogP contribution in [0.2, 0.25) is 0 Å². The molecule has 0 amide bonds. The summed E-state index contributed by atoms with van der Waals surface area (Å²) in [6, 6.07) is 5.23. The summed E-state index contributed by atoms with van der Waals surface area (Å²) < 4.78 is 12.8.